The lowest BCUT2D eigenvalue weighted by molar-refractivity contribution is -0.140. The van der Waals surface area contributed by atoms with Crippen molar-refractivity contribution in [3.8, 4) is 17.2 Å². The van der Waals surface area contributed by atoms with Gasteiger partial charge in [-0.05, 0) is 79.3 Å². The number of sulfonamides is 1. The Balaban J connectivity index is 2.13. The van der Waals surface area contributed by atoms with Crippen LogP contribution in [0.3, 0.4) is 0 Å². The minimum Gasteiger partial charge on any atom is -0.497 e. The second kappa shape index (κ2) is 15.7. The molecule has 3 rings (SSSR count). The van der Waals surface area contributed by atoms with E-state index in [-0.39, 0.29) is 29.0 Å². The number of rotatable bonds is 15. The van der Waals surface area contributed by atoms with E-state index in [1.165, 1.54) is 37.3 Å². The number of hydrogen-bond donors (Lipinski definition) is 1. The minimum absolute atomic E-state index is 0.0702. The molecule has 0 aliphatic rings. The molecule has 1 atom stereocenters. The predicted molar refractivity (Wildman–Crippen MR) is 175 cm³/mol. The first-order chi connectivity index (χ1) is 21.3. The van der Waals surface area contributed by atoms with Gasteiger partial charge < -0.3 is 24.4 Å². The van der Waals surface area contributed by atoms with Gasteiger partial charge in [-0.15, -0.1) is 0 Å². The van der Waals surface area contributed by atoms with Crippen molar-refractivity contribution in [2.75, 3.05) is 38.7 Å². The van der Waals surface area contributed by atoms with Gasteiger partial charge in [0, 0.05) is 19.2 Å². The quantitative estimate of drug-likeness (QED) is 0.246. The van der Waals surface area contributed by atoms with Crippen LogP contribution in [0.25, 0.3) is 0 Å². The normalized spacial score (nSPS) is 11.9. The van der Waals surface area contributed by atoms with Gasteiger partial charge in [-0.3, -0.25) is 13.9 Å². The maximum absolute atomic E-state index is 14.4. The van der Waals surface area contributed by atoms with E-state index in [2.05, 4.69) is 5.32 Å². The molecule has 2 amide bonds. The molecule has 10 nitrogen and oxygen atoms in total. The van der Waals surface area contributed by atoms with Crippen LogP contribution < -0.4 is 23.8 Å². The summed E-state index contributed by atoms with van der Waals surface area (Å²) < 4.78 is 45.8. The second-order valence-corrected chi connectivity index (χ2v) is 13.2. The summed E-state index contributed by atoms with van der Waals surface area (Å²) in [6.07, 6.45) is 0.325. The first-order valence-electron chi connectivity index (χ1n) is 14.9. The van der Waals surface area contributed by atoms with Crippen LogP contribution in [0.4, 0.5) is 5.69 Å². The number of benzene rings is 3. The molecule has 3 aromatic carbocycles. The first-order valence-corrected chi connectivity index (χ1v) is 16.3. The van der Waals surface area contributed by atoms with Gasteiger partial charge in [0.1, 0.15) is 18.3 Å². The van der Waals surface area contributed by atoms with E-state index in [0.717, 1.165) is 21.0 Å². The molecule has 3 aromatic rings. The molecule has 0 saturated carbocycles. The van der Waals surface area contributed by atoms with Crippen LogP contribution in [0.5, 0.6) is 17.2 Å². The Labute approximate surface area is 267 Å². The third kappa shape index (κ3) is 8.91. The van der Waals surface area contributed by atoms with E-state index >= 15 is 0 Å². The summed E-state index contributed by atoms with van der Waals surface area (Å²) in [4.78, 5) is 29.2. The highest BCUT2D eigenvalue weighted by Crippen LogP contribution is 2.33. The van der Waals surface area contributed by atoms with Crippen molar-refractivity contribution in [2.24, 2.45) is 5.92 Å². The average molecular weight is 640 g/mol. The predicted octanol–water partition coefficient (Wildman–Crippen LogP) is 5.10. The highest BCUT2D eigenvalue weighted by molar-refractivity contribution is 7.92. The monoisotopic (exact) mass is 639 g/mol. The zero-order chi connectivity index (χ0) is 33.3. The maximum Gasteiger partial charge on any atom is 0.264 e. The van der Waals surface area contributed by atoms with Crippen LogP contribution in [0.15, 0.2) is 65.6 Å². The lowest BCUT2D eigenvalue weighted by Crippen LogP contribution is -2.52. The Bertz CT molecular complexity index is 1570. The fourth-order valence-electron chi connectivity index (χ4n) is 5.04. The minimum atomic E-state index is -4.30. The molecule has 0 unspecified atom stereocenters. The van der Waals surface area contributed by atoms with Crippen molar-refractivity contribution in [3.05, 3.63) is 77.4 Å². The number of nitrogens with one attached hydrogen (secondary N) is 1. The van der Waals surface area contributed by atoms with Crippen LogP contribution in [0.1, 0.15) is 43.9 Å². The molecule has 0 aliphatic heterocycles. The van der Waals surface area contributed by atoms with E-state index < -0.39 is 28.5 Å². The summed E-state index contributed by atoms with van der Waals surface area (Å²) in [6, 6.07) is 16.0. The molecule has 0 heterocycles. The number of hydrogen-bond acceptors (Lipinski definition) is 7. The Morgan fingerprint density at radius 3 is 2.11 bits per heavy atom. The van der Waals surface area contributed by atoms with Gasteiger partial charge in [0.25, 0.3) is 10.0 Å². The standard InChI is InChI=1S/C34H45N3O7S/c1-9-30(34(39)35-20-23(2)3)36(21-26-11-10-12-28(18-26)42-6)33(38)22-37(27-16-24(4)15-25(5)17-27)45(40,41)29-13-14-31(43-7)32(19-29)44-8/h10-19,23,30H,9,20-22H2,1-8H3,(H,35,39)/t30-/m1/s1. The van der Waals surface area contributed by atoms with Gasteiger partial charge in [0.2, 0.25) is 11.8 Å². The van der Waals surface area contributed by atoms with Gasteiger partial charge in [0.15, 0.2) is 11.5 Å². The molecule has 1 N–H and O–H groups in total. The summed E-state index contributed by atoms with van der Waals surface area (Å²) in [5, 5.41) is 2.94. The molecule has 0 bridgehead atoms. The number of aryl methyl sites for hydroxylation is 2. The molecule has 0 aromatic heterocycles. The van der Waals surface area contributed by atoms with E-state index in [1.807, 2.05) is 46.8 Å². The SMILES string of the molecule is CC[C@H](C(=O)NCC(C)C)N(Cc1cccc(OC)c1)C(=O)CN(c1cc(C)cc(C)c1)S(=O)(=O)c1ccc(OC)c(OC)c1. The van der Waals surface area contributed by atoms with Crippen molar-refractivity contribution in [2.45, 2.75) is 58.5 Å². The molecular formula is C34H45N3O7S. The molecular weight excluding hydrogens is 594 g/mol. The van der Waals surface area contributed by atoms with Gasteiger partial charge >= 0.3 is 0 Å². The number of anilines is 1. The van der Waals surface area contributed by atoms with E-state index in [1.54, 1.807) is 37.4 Å². The van der Waals surface area contributed by atoms with E-state index in [0.29, 0.717) is 30.2 Å². The summed E-state index contributed by atoms with van der Waals surface area (Å²) in [6.45, 7) is 9.49. The van der Waals surface area contributed by atoms with E-state index in [4.69, 9.17) is 14.2 Å². The number of amides is 2. The summed E-state index contributed by atoms with van der Waals surface area (Å²) in [5.41, 5.74) is 2.73. The lowest BCUT2D eigenvalue weighted by Gasteiger charge is -2.33. The molecule has 0 radical (unpaired) electrons. The van der Waals surface area contributed by atoms with Crippen molar-refractivity contribution in [1.29, 1.82) is 0 Å². The van der Waals surface area contributed by atoms with Gasteiger partial charge in [-0.1, -0.05) is 39.0 Å². The molecule has 0 saturated heterocycles. The number of nitrogens with zero attached hydrogens (tertiary/aromatic N) is 2. The molecule has 11 heteroatoms. The summed E-state index contributed by atoms with van der Waals surface area (Å²) in [5.74, 6) is 0.576. The molecule has 45 heavy (non-hydrogen) atoms. The Kier molecular flexibility index (Phi) is 12.3. The van der Waals surface area contributed by atoms with Gasteiger partial charge in [0.05, 0.1) is 31.9 Å². The average Bonchev–Trinajstić information content (AvgIpc) is 3.01. The smallest absolute Gasteiger partial charge is 0.264 e. The second-order valence-electron chi connectivity index (χ2n) is 11.3. The maximum atomic E-state index is 14.4. The third-order valence-electron chi connectivity index (χ3n) is 7.27. The Hall–Kier alpha value is -4.25. The van der Waals surface area contributed by atoms with Gasteiger partial charge in [-0.2, -0.15) is 0 Å². The number of methoxy groups -OCH3 is 3. The molecule has 0 fully saturated rings. The molecule has 244 valence electrons. The summed E-state index contributed by atoms with van der Waals surface area (Å²) >= 11 is 0. The topological polar surface area (TPSA) is 114 Å². The van der Waals surface area contributed by atoms with E-state index in [9.17, 15) is 18.0 Å². The van der Waals surface area contributed by atoms with Crippen molar-refractivity contribution in [3.63, 3.8) is 0 Å². The van der Waals surface area contributed by atoms with Crippen LogP contribution in [0.2, 0.25) is 0 Å². The number of ether oxygens (including phenoxy) is 3. The first kappa shape index (κ1) is 35.2. The molecule has 0 aliphatic carbocycles. The number of carbonyl (C=O) groups excluding carboxylic acids is 2. The summed E-state index contributed by atoms with van der Waals surface area (Å²) in [7, 11) is 0.136. The molecule has 0 spiro atoms. The van der Waals surface area contributed by atoms with Gasteiger partial charge in [-0.25, -0.2) is 8.42 Å². The van der Waals surface area contributed by atoms with Crippen LogP contribution >= 0.6 is 0 Å². The van der Waals surface area contributed by atoms with Crippen molar-refractivity contribution < 1.29 is 32.2 Å². The lowest BCUT2D eigenvalue weighted by atomic mass is 10.1. The highest BCUT2D eigenvalue weighted by atomic mass is 32.2. The van der Waals surface area contributed by atoms with Crippen molar-refractivity contribution in [1.82, 2.24) is 10.2 Å². The fraction of sp³-hybridized carbons (Fsp3) is 0.412. The largest absolute Gasteiger partial charge is 0.497 e. The Morgan fingerprint density at radius 1 is 0.867 bits per heavy atom. The zero-order valence-corrected chi connectivity index (χ0v) is 28.2. The Morgan fingerprint density at radius 2 is 1.53 bits per heavy atom. The van der Waals surface area contributed by atoms with Crippen LogP contribution in [-0.4, -0.2) is 65.6 Å². The zero-order valence-electron chi connectivity index (χ0n) is 27.4. The number of carbonyl (C=O) groups is 2. The highest BCUT2D eigenvalue weighted by Gasteiger charge is 2.34. The van der Waals surface area contributed by atoms with Crippen LogP contribution in [-0.2, 0) is 26.2 Å². The van der Waals surface area contributed by atoms with Crippen molar-refractivity contribution >= 4 is 27.5 Å². The third-order valence-corrected chi connectivity index (χ3v) is 9.04. The fourth-order valence-corrected chi connectivity index (χ4v) is 6.45. The van der Waals surface area contributed by atoms with Crippen LogP contribution in [0, 0.1) is 19.8 Å².